The highest BCUT2D eigenvalue weighted by Gasteiger charge is 2.38. The van der Waals surface area contributed by atoms with Crippen molar-refractivity contribution in [2.75, 3.05) is 0 Å². The molecular weight excluding hydrogens is 224 g/mol. The van der Waals surface area contributed by atoms with E-state index in [1.165, 1.54) is 0 Å². The number of pyridine rings is 1. The van der Waals surface area contributed by atoms with Crippen LogP contribution in [0.15, 0.2) is 12.1 Å². The van der Waals surface area contributed by atoms with Crippen molar-refractivity contribution in [3.8, 4) is 0 Å². The van der Waals surface area contributed by atoms with E-state index in [-0.39, 0.29) is 5.56 Å². The molecule has 0 aliphatic carbocycles. The third-order valence-corrected chi connectivity index (χ3v) is 1.55. The van der Waals surface area contributed by atoms with Gasteiger partial charge in [-0.15, -0.1) is 0 Å². The predicted octanol–water partition coefficient (Wildman–Crippen LogP) is 3.43. The van der Waals surface area contributed by atoms with E-state index in [9.17, 15) is 26.3 Å². The van der Waals surface area contributed by atoms with Gasteiger partial charge in [-0.1, -0.05) is 0 Å². The molecular formula is C8H5F6N. The van der Waals surface area contributed by atoms with E-state index in [4.69, 9.17) is 0 Å². The third-order valence-electron chi connectivity index (χ3n) is 1.55. The highest BCUT2D eigenvalue weighted by atomic mass is 19.4. The summed E-state index contributed by atoms with van der Waals surface area (Å²) in [6.45, 7) is 1.14. The first kappa shape index (κ1) is 11.8. The maximum Gasteiger partial charge on any atom is 0.433 e. The number of aromatic nitrogens is 1. The first-order valence-corrected chi connectivity index (χ1v) is 3.74. The van der Waals surface area contributed by atoms with Crippen molar-refractivity contribution in [2.45, 2.75) is 19.3 Å². The van der Waals surface area contributed by atoms with Gasteiger partial charge in [0.25, 0.3) is 0 Å². The van der Waals surface area contributed by atoms with Crippen molar-refractivity contribution in [2.24, 2.45) is 0 Å². The van der Waals surface area contributed by atoms with E-state index in [1.807, 2.05) is 0 Å². The van der Waals surface area contributed by atoms with Gasteiger partial charge >= 0.3 is 12.4 Å². The Morgan fingerprint density at radius 2 is 1.20 bits per heavy atom. The van der Waals surface area contributed by atoms with Crippen LogP contribution in [0.2, 0.25) is 0 Å². The van der Waals surface area contributed by atoms with E-state index in [0.29, 0.717) is 12.1 Å². The van der Waals surface area contributed by atoms with Crippen LogP contribution in [0.25, 0.3) is 0 Å². The van der Waals surface area contributed by atoms with Gasteiger partial charge in [-0.3, -0.25) is 0 Å². The molecule has 7 heteroatoms. The van der Waals surface area contributed by atoms with E-state index < -0.39 is 23.7 Å². The fourth-order valence-electron chi connectivity index (χ4n) is 0.958. The number of halogens is 6. The minimum absolute atomic E-state index is 0.135. The summed E-state index contributed by atoms with van der Waals surface area (Å²) in [7, 11) is 0. The fourth-order valence-corrected chi connectivity index (χ4v) is 0.958. The lowest BCUT2D eigenvalue weighted by Gasteiger charge is -2.11. The zero-order valence-corrected chi connectivity index (χ0v) is 7.37. The second-order valence-corrected chi connectivity index (χ2v) is 2.91. The van der Waals surface area contributed by atoms with Gasteiger partial charge in [0.05, 0.1) is 0 Å². The number of rotatable bonds is 0. The van der Waals surface area contributed by atoms with Crippen LogP contribution in [0.3, 0.4) is 0 Å². The van der Waals surface area contributed by atoms with Gasteiger partial charge in [0.1, 0.15) is 11.4 Å². The van der Waals surface area contributed by atoms with Crippen LogP contribution in [-0.4, -0.2) is 4.98 Å². The van der Waals surface area contributed by atoms with Crippen LogP contribution < -0.4 is 0 Å². The molecule has 1 aromatic heterocycles. The smallest absolute Gasteiger partial charge is 0.239 e. The average Bonchev–Trinajstić information content (AvgIpc) is 1.99. The second kappa shape index (κ2) is 3.39. The molecule has 15 heavy (non-hydrogen) atoms. The van der Waals surface area contributed by atoms with Crippen LogP contribution in [-0.2, 0) is 12.4 Å². The molecule has 0 unspecified atom stereocenters. The summed E-state index contributed by atoms with van der Waals surface area (Å²) in [5.74, 6) is 0. The molecule has 0 fully saturated rings. The van der Waals surface area contributed by atoms with Gasteiger partial charge in [-0.2, -0.15) is 26.3 Å². The lowest BCUT2D eigenvalue weighted by atomic mass is 10.2. The summed E-state index contributed by atoms with van der Waals surface area (Å²) < 4.78 is 72.6. The largest absolute Gasteiger partial charge is 0.433 e. The molecule has 0 N–H and O–H groups in total. The molecule has 84 valence electrons. The molecule has 0 radical (unpaired) electrons. The van der Waals surface area contributed by atoms with Crippen molar-refractivity contribution < 1.29 is 26.3 Å². The van der Waals surface area contributed by atoms with Crippen LogP contribution >= 0.6 is 0 Å². The van der Waals surface area contributed by atoms with Crippen LogP contribution in [0.1, 0.15) is 17.0 Å². The van der Waals surface area contributed by atoms with Gasteiger partial charge in [0, 0.05) is 0 Å². The average molecular weight is 229 g/mol. The van der Waals surface area contributed by atoms with E-state index in [0.717, 1.165) is 6.92 Å². The zero-order chi connectivity index (χ0) is 11.9. The molecule has 1 aromatic rings. The predicted molar refractivity (Wildman–Crippen MR) is 39.0 cm³/mol. The van der Waals surface area contributed by atoms with Crippen LogP contribution in [0.4, 0.5) is 26.3 Å². The SMILES string of the molecule is Cc1cc(C(F)(F)F)nc(C(F)(F)F)c1. The molecule has 0 spiro atoms. The minimum atomic E-state index is -4.87. The zero-order valence-electron chi connectivity index (χ0n) is 7.37. The van der Waals surface area contributed by atoms with E-state index in [1.54, 1.807) is 0 Å². The number of hydrogen-bond donors (Lipinski definition) is 0. The fraction of sp³-hybridized carbons (Fsp3) is 0.375. The molecule has 1 heterocycles. The Labute approximate surface area is 80.7 Å². The quantitative estimate of drug-likeness (QED) is 0.621. The Balaban J connectivity index is 3.30. The maximum atomic E-state index is 12.1. The summed E-state index contributed by atoms with van der Waals surface area (Å²) in [5, 5.41) is 0. The van der Waals surface area contributed by atoms with Crippen LogP contribution in [0, 0.1) is 6.92 Å². The number of aryl methyl sites for hydroxylation is 1. The monoisotopic (exact) mass is 229 g/mol. The third kappa shape index (κ3) is 2.84. The molecule has 0 aliphatic rings. The van der Waals surface area contributed by atoms with Gasteiger partial charge in [0.15, 0.2) is 0 Å². The Morgan fingerprint density at radius 1 is 0.867 bits per heavy atom. The summed E-state index contributed by atoms with van der Waals surface area (Å²) in [6.07, 6.45) is -9.74. The van der Waals surface area contributed by atoms with Crippen molar-refractivity contribution in [1.82, 2.24) is 4.98 Å². The van der Waals surface area contributed by atoms with Crippen molar-refractivity contribution in [1.29, 1.82) is 0 Å². The molecule has 0 saturated carbocycles. The lowest BCUT2D eigenvalue weighted by Crippen LogP contribution is -2.15. The van der Waals surface area contributed by atoms with Crippen LogP contribution in [0.5, 0.6) is 0 Å². The van der Waals surface area contributed by atoms with Crippen molar-refractivity contribution in [3.63, 3.8) is 0 Å². The van der Waals surface area contributed by atoms with Crippen molar-refractivity contribution >= 4 is 0 Å². The second-order valence-electron chi connectivity index (χ2n) is 2.91. The topological polar surface area (TPSA) is 12.9 Å². The van der Waals surface area contributed by atoms with E-state index in [2.05, 4.69) is 4.98 Å². The van der Waals surface area contributed by atoms with Crippen molar-refractivity contribution in [3.05, 3.63) is 29.1 Å². The first-order chi connectivity index (χ1) is 6.60. The molecule has 0 atom stereocenters. The van der Waals surface area contributed by atoms with Gasteiger partial charge < -0.3 is 0 Å². The molecule has 0 aliphatic heterocycles. The number of nitrogens with zero attached hydrogens (tertiary/aromatic N) is 1. The van der Waals surface area contributed by atoms with Gasteiger partial charge in [0.2, 0.25) is 0 Å². The normalized spacial score (nSPS) is 13.0. The summed E-state index contributed by atoms with van der Waals surface area (Å²) in [4.78, 5) is 2.53. The number of alkyl halides is 6. The number of hydrogen-bond acceptors (Lipinski definition) is 1. The highest BCUT2D eigenvalue weighted by Crippen LogP contribution is 2.33. The summed E-state index contributed by atoms with van der Waals surface area (Å²) in [6, 6.07) is 1.13. The Morgan fingerprint density at radius 3 is 1.47 bits per heavy atom. The standard InChI is InChI=1S/C8H5F6N/c1-4-2-5(7(9,10)11)15-6(3-4)8(12,13)14/h2-3H,1H3. The van der Waals surface area contributed by atoms with Gasteiger partial charge in [-0.25, -0.2) is 4.98 Å². The summed E-state index contributed by atoms with van der Waals surface area (Å²) in [5.41, 5.74) is -3.20. The molecule has 1 rings (SSSR count). The Hall–Kier alpha value is -1.27. The molecule has 0 bridgehead atoms. The minimum Gasteiger partial charge on any atom is -0.239 e. The highest BCUT2D eigenvalue weighted by molar-refractivity contribution is 5.23. The Bertz CT molecular complexity index is 332. The molecule has 0 amide bonds. The van der Waals surface area contributed by atoms with Gasteiger partial charge in [-0.05, 0) is 24.6 Å². The first-order valence-electron chi connectivity index (χ1n) is 3.74. The maximum absolute atomic E-state index is 12.1. The molecule has 1 nitrogen and oxygen atoms in total. The molecule has 0 saturated heterocycles. The lowest BCUT2D eigenvalue weighted by molar-refractivity contribution is -0.150. The molecule has 0 aromatic carbocycles. The van der Waals surface area contributed by atoms with E-state index >= 15 is 0 Å². The Kier molecular flexibility index (Phi) is 2.67. The summed E-state index contributed by atoms with van der Waals surface area (Å²) >= 11 is 0.